The summed E-state index contributed by atoms with van der Waals surface area (Å²) < 4.78 is 5.74. The van der Waals surface area contributed by atoms with Gasteiger partial charge in [0.1, 0.15) is 5.75 Å². The standard InChI is InChI=1S/C16H22N2OS/c1-3-4-5-6-11-19-14-9-7-13(8-10-14)15-12(2)20-16(17)18-15/h7-10H,3-6,11H2,1-2H3,(H2,17,18). The van der Waals surface area contributed by atoms with Crippen LogP contribution in [0, 0.1) is 6.92 Å². The lowest BCUT2D eigenvalue weighted by molar-refractivity contribution is 0.305. The number of hydrogen-bond acceptors (Lipinski definition) is 4. The quantitative estimate of drug-likeness (QED) is 0.754. The van der Waals surface area contributed by atoms with Gasteiger partial charge in [-0.3, -0.25) is 0 Å². The second kappa shape index (κ2) is 7.29. The fourth-order valence-corrected chi connectivity index (χ4v) is 2.82. The van der Waals surface area contributed by atoms with E-state index in [1.165, 1.54) is 30.6 Å². The molecule has 1 heterocycles. The average molecular weight is 290 g/mol. The maximum Gasteiger partial charge on any atom is 0.180 e. The summed E-state index contributed by atoms with van der Waals surface area (Å²) in [6, 6.07) is 8.10. The van der Waals surface area contributed by atoms with Crippen molar-refractivity contribution in [1.29, 1.82) is 0 Å². The smallest absolute Gasteiger partial charge is 0.180 e. The van der Waals surface area contributed by atoms with Gasteiger partial charge >= 0.3 is 0 Å². The molecule has 0 amide bonds. The van der Waals surface area contributed by atoms with E-state index in [4.69, 9.17) is 10.5 Å². The molecule has 0 aliphatic carbocycles. The molecule has 0 aliphatic rings. The molecule has 0 saturated carbocycles. The Kier molecular flexibility index (Phi) is 5.41. The Balaban J connectivity index is 1.91. The predicted octanol–water partition coefficient (Wildman–Crippen LogP) is 4.66. The zero-order valence-corrected chi connectivity index (χ0v) is 13.0. The number of aryl methyl sites for hydroxylation is 1. The van der Waals surface area contributed by atoms with Crippen molar-refractivity contribution in [3.63, 3.8) is 0 Å². The monoisotopic (exact) mass is 290 g/mol. The van der Waals surface area contributed by atoms with Gasteiger partial charge in [-0.05, 0) is 37.6 Å². The first kappa shape index (κ1) is 14.9. The molecule has 0 fully saturated rings. The van der Waals surface area contributed by atoms with Crippen molar-refractivity contribution in [2.75, 3.05) is 12.3 Å². The Labute approximate surface area is 124 Å². The third-order valence-corrected chi connectivity index (χ3v) is 4.01. The van der Waals surface area contributed by atoms with Crippen molar-refractivity contribution in [1.82, 2.24) is 4.98 Å². The molecule has 4 heteroatoms. The Morgan fingerprint density at radius 3 is 2.50 bits per heavy atom. The molecule has 0 aliphatic heterocycles. The molecule has 1 aromatic heterocycles. The molecule has 3 nitrogen and oxygen atoms in total. The number of aromatic nitrogens is 1. The first-order valence-electron chi connectivity index (χ1n) is 7.17. The highest BCUT2D eigenvalue weighted by atomic mass is 32.1. The summed E-state index contributed by atoms with van der Waals surface area (Å²) in [5.41, 5.74) is 7.80. The number of ether oxygens (including phenoxy) is 1. The average Bonchev–Trinajstić information content (AvgIpc) is 2.78. The number of thiazole rings is 1. The number of nitrogen functional groups attached to an aromatic ring is 1. The van der Waals surface area contributed by atoms with E-state index in [1.54, 1.807) is 0 Å². The SMILES string of the molecule is CCCCCCOc1ccc(-c2nc(N)sc2C)cc1. The number of hydrogen-bond donors (Lipinski definition) is 1. The number of nitrogens with two attached hydrogens (primary N) is 1. The normalized spacial score (nSPS) is 10.7. The van der Waals surface area contributed by atoms with Gasteiger partial charge in [0.25, 0.3) is 0 Å². The van der Waals surface area contributed by atoms with Gasteiger partial charge in [0.05, 0.1) is 12.3 Å². The highest BCUT2D eigenvalue weighted by molar-refractivity contribution is 7.15. The van der Waals surface area contributed by atoms with Gasteiger partial charge in [-0.1, -0.05) is 26.2 Å². The largest absolute Gasteiger partial charge is 0.494 e. The molecule has 1 aromatic carbocycles. The molecule has 0 unspecified atom stereocenters. The minimum atomic E-state index is 0.619. The maximum absolute atomic E-state index is 5.74. The van der Waals surface area contributed by atoms with E-state index in [1.807, 2.05) is 31.2 Å². The number of rotatable bonds is 7. The highest BCUT2D eigenvalue weighted by Crippen LogP contribution is 2.29. The first-order valence-corrected chi connectivity index (χ1v) is 7.98. The summed E-state index contributed by atoms with van der Waals surface area (Å²) in [7, 11) is 0. The summed E-state index contributed by atoms with van der Waals surface area (Å²) in [5.74, 6) is 0.922. The van der Waals surface area contributed by atoms with E-state index in [0.29, 0.717) is 5.13 Å². The second-order valence-electron chi connectivity index (χ2n) is 4.89. The number of benzene rings is 1. The molecule has 0 spiro atoms. The minimum absolute atomic E-state index is 0.619. The fourth-order valence-electron chi connectivity index (χ4n) is 2.11. The zero-order valence-electron chi connectivity index (χ0n) is 12.2. The summed E-state index contributed by atoms with van der Waals surface area (Å²) in [4.78, 5) is 5.51. The van der Waals surface area contributed by atoms with Gasteiger partial charge in [-0.2, -0.15) is 0 Å². The molecule has 2 N–H and O–H groups in total. The van der Waals surface area contributed by atoms with Gasteiger partial charge in [0.2, 0.25) is 0 Å². The highest BCUT2D eigenvalue weighted by Gasteiger charge is 2.07. The van der Waals surface area contributed by atoms with Crippen LogP contribution in [0.25, 0.3) is 11.3 Å². The molecule has 0 saturated heterocycles. The Hall–Kier alpha value is -1.55. The van der Waals surface area contributed by atoms with Crippen molar-refractivity contribution in [3.05, 3.63) is 29.1 Å². The minimum Gasteiger partial charge on any atom is -0.494 e. The molecule has 0 bridgehead atoms. The molecule has 0 atom stereocenters. The van der Waals surface area contributed by atoms with Gasteiger partial charge in [0.15, 0.2) is 5.13 Å². The lowest BCUT2D eigenvalue weighted by atomic mass is 10.1. The summed E-state index contributed by atoms with van der Waals surface area (Å²) in [6.45, 7) is 5.05. The molecule has 2 aromatic rings. The Bertz CT molecular complexity index is 534. The first-order chi connectivity index (χ1) is 9.70. The van der Waals surface area contributed by atoms with Gasteiger partial charge in [-0.15, -0.1) is 11.3 Å². The number of nitrogens with zero attached hydrogens (tertiary/aromatic N) is 1. The lowest BCUT2D eigenvalue weighted by Gasteiger charge is -2.06. The predicted molar refractivity (Wildman–Crippen MR) is 86.3 cm³/mol. The van der Waals surface area contributed by atoms with Gasteiger partial charge in [0, 0.05) is 10.4 Å². The van der Waals surface area contributed by atoms with E-state index >= 15 is 0 Å². The van der Waals surface area contributed by atoms with Crippen LogP contribution in [0.1, 0.15) is 37.5 Å². The topological polar surface area (TPSA) is 48.1 Å². The molecular weight excluding hydrogens is 268 g/mol. The summed E-state index contributed by atoms with van der Waals surface area (Å²) in [6.07, 6.45) is 4.90. The van der Waals surface area contributed by atoms with Crippen LogP contribution in [0.5, 0.6) is 5.75 Å². The van der Waals surface area contributed by atoms with Crippen LogP contribution in [0.15, 0.2) is 24.3 Å². The van der Waals surface area contributed by atoms with Crippen LogP contribution in [0.4, 0.5) is 5.13 Å². The van der Waals surface area contributed by atoms with Crippen LogP contribution in [0.3, 0.4) is 0 Å². The van der Waals surface area contributed by atoms with Crippen molar-refractivity contribution in [3.8, 4) is 17.0 Å². The Morgan fingerprint density at radius 1 is 1.15 bits per heavy atom. The molecular formula is C16H22N2OS. The summed E-state index contributed by atoms with van der Waals surface area (Å²) in [5, 5.41) is 0.619. The van der Waals surface area contributed by atoms with Crippen LogP contribution >= 0.6 is 11.3 Å². The van der Waals surface area contributed by atoms with Crippen molar-refractivity contribution in [2.24, 2.45) is 0 Å². The maximum atomic E-state index is 5.74. The fraction of sp³-hybridized carbons (Fsp3) is 0.438. The van der Waals surface area contributed by atoms with Crippen molar-refractivity contribution < 1.29 is 4.74 Å². The molecule has 2 rings (SSSR count). The second-order valence-corrected chi connectivity index (χ2v) is 6.13. The molecule has 20 heavy (non-hydrogen) atoms. The summed E-state index contributed by atoms with van der Waals surface area (Å²) >= 11 is 1.53. The molecule has 0 radical (unpaired) electrons. The third kappa shape index (κ3) is 3.97. The lowest BCUT2D eigenvalue weighted by Crippen LogP contribution is -1.97. The van der Waals surface area contributed by atoms with E-state index in [2.05, 4.69) is 11.9 Å². The van der Waals surface area contributed by atoms with Crippen molar-refractivity contribution >= 4 is 16.5 Å². The van der Waals surface area contributed by atoms with E-state index in [0.717, 1.165) is 34.9 Å². The number of unbranched alkanes of at least 4 members (excludes halogenated alkanes) is 3. The van der Waals surface area contributed by atoms with Gasteiger partial charge in [-0.25, -0.2) is 4.98 Å². The van der Waals surface area contributed by atoms with Crippen molar-refractivity contribution in [2.45, 2.75) is 39.5 Å². The zero-order chi connectivity index (χ0) is 14.4. The van der Waals surface area contributed by atoms with Crippen LogP contribution in [-0.2, 0) is 0 Å². The van der Waals surface area contributed by atoms with Crippen LogP contribution in [0.2, 0.25) is 0 Å². The van der Waals surface area contributed by atoms with Crippen LogP contribution < -0.4 is 10.5 Å². The Morgan fingerprint density at radius 2 is 1.90 bits per heavy atom. The van der Waals surface area contributed by atoms with Gasteiger partial charge < -0.3 is 10.5 Å². The number of anilines is 1. The third-order valence-electron chi connectivity index (χ3n) is 3.21. The van der Waals surface area contributed by atoms with E-state index in [9.17, 15) is 0 Å². The van der Waals surface area contributed by atoms with E-state index < -0.39 is 0 Å². The molecule has 108 valence electrons. The van der Waals surface area contributed by atoms with E-state index in [-0.39, 0.29) is 0 Å². The van der Waals surface area contributed by atoms with Crippen LogP contribution in [-0.4, -0.2) is 11.6 Å².